The molecule has 2 rings (SSSR count). The van der Waals surface area contributed by atoms with Gasteiger partial charge in [-0.3, -0.25) is 0 Å². The number of ether oxygens (including phenoxy) is 2. The smallest absolute Gasteiger partial charge is 0.238 e. The van der Waals surface area contributed by atoms with Gasteiger partial charge < -0.3 is 14.8 Å². The number of rotatable bonds is 6. The third-order valence-electron chi connectivity index (χ3n) is 2.39. The second-order valence-electron chi connectivity index (χ2n) is 3.90. The molecule has 1 heterocycles. The largest absolute Gasteiger partial charge is 0.494 e. The molecule has 5 nitrogen and oxygen atoms in total. The lowest BCUT2D eigenvalue weighted by Crippen LogP contribution is -2.07. The lowest BCUT2D eigenvalue weighted by atomic mass is 10.3. The standard InChI is InChI=1S/C14H17N3O2/c1-3-18-12-5-4-6-13(9-12)19-14-8-7-11(10-15-2)16-17-14/h4-9,15H,3,10H2,1-2H3. The van der Waals surface area contributed by atoms with Crippen molar-refractivity contribution < 1.29 is 9.47 Å². The van der Waals surface area contributed by atoms with Crippen molar-refractivity contribution in [2.75, 3.05) is 13.7 Å². The van der Waals surface area contributed by atoms with Crippen LogP contribution in [0.15, 0.2) is 36.4 Å². The molecule has 0 spiro atoms. The number of nitrogens with one attached hydrogen (secondary N) is 1. The van der Waals surface area contributed by atoms with Gasteiger partial charge in [0.1, 0.15) is 11.5 Å². The van der Waals surface area contributed by atoms with Crippen molar-refractivity contribution in [2.24, 2.45) is 0 Å². The van der Waals surface area contributed by atoms with Crippen molar-refractivity contribution in [1.82, 2.24) is 15.5 Å². The van der Waals surface area contributed by atoms with E-state index >= 15 is 0 Å². The van der Waals surface area contributed by atoms with E-state index in [0.29, 0.717) is 24.8 Å². The number of nitrogens with zero attached hydrogens (tertiary/aromatic N) is 2. The molecule has 0 aliphatic rings. The van der Waals surface area contributed by atoms with E-state index in [2.05, 4.69) is 15.5 Å². The fraction of sp³-hybridized carbons (Fsp3) is 0.286. The zero-order valence-corrected chi connectivity index (χ0v) is 11.1. The molecule has 19 heavy (non-hydrogen) atoms. The average Bonchev–Trinajstić information content (AvgIpc) is 2.42. The lowest BCUT2D eigenvalue weighted by molar-refractivity contribution is 0.337. The van der Waals surface area contributed by atoms with Crippen molar-refractivity contribution >= 4 is 0 Å². The summed E-state index contributed by atoms with van der Waals surface area (Å²) in [4.78, 5) is 0. The molecule has 0 aliphatic heterocycles. The number of aromatic nitrogens is 2. The van der Waals surface area contributed by atoms with Gasteiger partial charge in [0.25, 0.3) is 0 Å². The first-order valence-electron chi connectivity index (χ1n) is 6.19. The molecular weight excluding hydrogens is 242 g/mol. The van der Waals surface area contributed by atoms with Crippen LogP contribution in [0.4, 0.5) is 0 Å². The topological polar surface area (TPSA) is 56.3 Å². The maximum absolute atomic E-state index is 5.62. The summed E-state index contributed by atoms with van der Waals surface area (Å²) in [6, 6.07) is 11.1. The van der Waals surface area contributed by atoms with Crippen LogP contribution in [0.2, 0.25) is 0 Å². The van der Waals surface area contributed by atoms with Crippen molar-refractivity contribution in [3.05, 3.63) is 42.1 Å². The molecule has 5 heteroatoms. The summed E-state index contributed by atoms with van der Waals surface area (Å²) in [5.74, 6) is 1.93. The molecular formula is C14H17N3O2. The van der Waals surface area contributed by atoms with Crippen LogP contribution in [0.25, 0.3) is 0 Å². The van der Waals surface area contributed by atoms with Crippen molar-refractivity contribution in [2.45, 2.75) is 13.5 Å². The molecule has 0 saturated heterocycles. The van der Waals surface area contributed by atoms with Gasteiger partial charge in [0.2, 0.25) is 5.88 Å². The molecule has 1 aromatic carbocycles. The number of benzene rings is 1. The molecule has 0 saturated carbocycles. The van der Waals surface area contributed by atoms with Gasteiger partial charge in [-0.1, -0.05) is 6.07 Å². The van der Waals surface area contributed by atoms with Crippen molar-refractivity contribution in [3.8, 4) is 17.4 Å². The monoisotopic (exact) mass is 259 g/mol. The van der Waals surface area contributed by atoms with Gasteiger partial charge >= 0.3 is 0 Å². The van der Waals surface area contributed by atoms with Crippen LogP contribution in [0.1, 0.15) is 12.6 Å². The Kier molecular flexibility index (Phi) is 4.69. The Bertz CT molecular complexity index is 514. The van der Waals surface area contributed by atoms with Crippen LogP contribution in [0.3, 0.4) is 0 Å². The summed E-state index contributed by atoms with van der Waals surface area (Å²) >= 11 is 0. The summed E-state index contributed by atoms with van der Waals surface area (Å²) in [6.45, 7) is 3.26. The first-order chi connectivity index (χ1) is 9.31. The molecule has 100 valence electrons. The third kappa shape index (κ3) is 3.93. The van der Waals surface area contributed by atoms with E-state index in [-0.39, 0.29) is 0 Å². The molecule has 2 aromatic rings. The highest BCUT2D eigenvalue weighted by molar-refractivity contribution is 5.35. The van der Waals surface area contributed by atoms with Crippen molar-refractivity contribution in [1.29, 1.82) is 0 Å². The van der Waals surface area contributed by atoms with Crippen molar-refractivity contribution in [3.63, 3.8) is 0 Å². The Morgan fingerprint density at radius 2 is 1.95 bits per heavy atom. The normalized spacial score (nSPS) is 10.2. The highest BCUT2D eigenvalue weighted by Crippen LogP contribution is 2.23. The molecule has 0 amide bonds. The fourth-order valence-electron chi connectivity index (χ4n) is 1.59. The van der Waals surface area contributed by atoms with Gasteiger partial charge in [-0.2, -0.15) is 5.10 Å². The minimum atomic E-state index is 0.466. The highest BCUT2D eigenvalue weighted by atomic mass is 16.5. The summed E-state index contributed by atoms with van der Waals surface area (Å²) in [5, 5.41) is 11.1. The molecule has 0 aliphatic carbocycles. The average molecular weight is 259 g/mol. The minimum absolute atomic E-state index is 0.466. The van der Waals surface area contributed by atoms with Crippen LogP contribution in [-0.4, -0.2) is 23.9 Å². The Morgan fingerprint density at radius 1 is 1.11 bits per heavy atom. The molecule has 0 fully saturated rings. The van der Waals surface area contributed by atoms with Crippen LogP contribution < -0.4 is 14.8 Å². The van der Waals surface area contributed by atoms with Crippen LogP contribution in [-0.2, 0) is 6.54 Å². The molecule has 0 radical (unpaired) electrons. The van der Waals surface area contributed by atoms with E-state index in [1.807, 2.05) is 44.3 Å². The molecule has 0 atom stereocenters. The number of hydrogen-bond acceptors (Lipinski definition) is 5. The Hall–Kier alpha value is -2.14. The van der Waals surface area contributed by atoms with E-state index in [1.54, 1.807) is 6.07 Å². The lowest BCUT2D eigenvalue weighted by Gasteiger charge is -2.07. The zero-order chi connectivity index (χ0) is 13.5. The predicted octanol–water partition coefficient (Wildman–Crippen LogP) is 2.39. The molecule has 1 aromatic heterocycles. The van der Waals surface area contributed by atoms with Gasteiger partial charge in [0.05, 0.1) is 12.3 Å². The summed E-state index contributed by atoms with van der Waals surface area (Å²) in [7, 11) is 1.87. The predicted molar refractivity (Wildman–Crippen MR) is 72.5 cm³/mol. The van der Waals surface area contributed by atoms with Gasteiger partial charge in [-0.15, -0.1) is 5.10 Å². The third-order valence-corrected chi connectivity index (χ3v) is 2.39. The quantitative estimate of drug-likeness (QED) is 0.863. The summed E-state index contributed by atoms with van der Waals surface area (Å²) < 4.78 is 11.0. The second kappa shape index (κ2) is 6.70. The second-order valence-corrected chi connectivity index (χ2v) is 3.90. The Morgan fingerprint density at radius 3 is 2.63 bits per heavy atom. The SMILES string of the molecule is CCOc1cccc(Oc2ccc(CNC)nn2)c1. The summed E-state index contributed by atoms with van der Waals surface area (Å²) in [6.07, 6.45) is 0. The first kappa shape index (κ1) is 13.3. The Balaban J connectivity index is 2.05. The van der Waals surface area contributed by atoms with Gasteiger partial charge in [0.15, 0.2) is 0 Å². The maximum atomic E-state index is 5.62. The van der Waals surface area contributed by atoms with E-state index in [9.17, 15) is 0 Å². The number of hydrogen-bond donors (Lipinski definition) is 1. The Labute approximate surface area is 112 Å². The van der Waals surface area contributed by atoms with Gasteiger partial charge in [-0.05, 0) is 32.2 Å². The molecule has 0 bridgehead atoms. The van der Waals surface area contributed by atoms with Crippen LogP contribution >= 0.6 is 0 Å². The fourth-order valence-corrected chi connectivity index (χ4v) is 1.59. The van der Waals surface area contributed by atoms with Gasteiger partial charge in [-0.25, -0.2) is 0 Å². The van der Waals surface area contributed by atoms with E-state index in [1.165, 1.54) is 0 Å². The van der Waals surface area contributed by atoms with Gasteiger partial charge in [0, 0.05) is 18.7 Å². The zero-order valence-electron chi connectivity index (χ0n) is 11.1. The van der Waals surface area contributed by atoms with E-state index in [0.717, 1.165) is 11.4 Å². The molecule has 1 N–H and O–H groups in total. The van der Waals surface area contributed by atoms with Crippen LogP contribution in [0.5, 0.6) is 17.4 Å². The van der Waals surface area contributed by atoms with E-state index < -0.39 is 0 Å². The summed E-state index contributed by atoms with van der Waals surface area (Å²) in [5.41, 5.74) is 0.873. The van der Waals surface area contributed by atoms with Crippen LogP contribution in [0, 0.1) is 0 Å². The highest BCUT2D eigenvalue weighted by Gasteiger charge is 2.02. The first-order valence-corrected chi connectivity index (χ1v) is 6.19. The minimum Gasteiger partial charge on any atom is -0.494 e. The maximum Gasteiger partial charge on any atom is 0.238 e. The van der Waals surface area contributed by atoms with E-state index in [4.69, 9.17) is 9.47 Å². The molecule has 0 unspecified atom stereocenters.